The Balaban J connectivity index is 2.12. The summed E-state index contributed by atoms with van der Waals surface area (Å²) in [5.41, 5.74) is 5.68. The quantitative estimate of drug-likeness (QED) is 0.848. The maximum Gasteiger partial charge on any atom is 0.123 e. The number of rotatable bonds is 4. The number of hydrogen-bond donors (Lipinski definition) is 1. The van der Waals surface area contributed by atoms with Crippen LogP contribution in [0.5, 0.6) is 11.5 Å². The van der Waals surface area contributed by atoms with Gasteiger partial charge >= 0.3 is 0 Å². The Morgan fingerprint density at radius 1 is 1.25 bits per heavy atom. The maximum atomic E-state index is 6.05. The van der Waals surface area contributed by atoms with Gasteiger partial charge in [0.15, 0.2) is 0 Å². The minimum absolute atomic E-state index is 0.146. The molecular weight excluding hydrogens is 202 g/mol. The second-order valence-electron chi connectivity index (χ2n) is 4.38. The molecular formula is C13H19NO2. The van der Waals surface area contributed by atoms with Crippen LogP contribution < -0.4 is 15.2 Å². The predicted molar refractivity (Wildman–Crippen MR) is 63.9 cm³/mol. The van der Waals surface area contributed by atoms with Crippen LogP contribution in [0.2, 0.25) is 0 Å². The van der Waals surface area contributed by atoms with Gasteiger partial charge in [0.25, 0.3) is 0 Å². The Morgan fingerprint density at radius 3 is 2.56 bits per heavy atom. The van der Waals surface area contributed by atoms with Crippen molar-refractivity contribution in [1.82, 2.24) is 0 Å². The molecule has 0 radical (unpaired) electrons. The highest BCUT2D eigenvalue weighted by Gasteiger charge is 2.34. The monoisotopic (exact) mass is 221 g/mol. The smallest absolute Gasteiger partial charge is 0.123 e. The Kier molecular flexibility index (Phi) is 3.34. The van der Waals surface area contributed by atoms with Gasteiger partial charge in [0, 0.05) is 12.6 Å². The fourth-order valence-electron chi connectivity index (χ4n) is 2.28. The Hall–Kier alpha value is -1.22. The second kappa shape index (κ2) is 4.74. The lowest BCUT2D eigenvalue weighted by molar-refractivity contribution is 0.0850. The molecule has 1 aliphatic rings. The summed E-state index contributed by atoms with van der Waals surface area (Å²) in [5, 5.41) is 0. The van der Waals surface area contributed by atoms with Crippen molar-refractivity contribution in [3.05, 3.63) is 24.3 Å². The van der Waals surface area contributed by atoms with Crippen LogP contribution in [-0.4, -0.2) is 19.3 Å². The zero-order valence-electron chi connectivity index (χ0n) is 9.74. The molecule has 88 valence electrons. The van der Waals surface area contributed by atoms with E-state index in [9.17, 15) is 0 Å². The molecule has 0 atom stereocenters. The van der Waals surface area contributed by atoms with Crippen LogP contribution in [0.3, 0.4) is 0 Å². The van der Waals surface area contributed by atoms with Crippen molar-refractivity contribution < 1.29 is 9.47 Å². The Labute approximate surface area is 96.5 Å². The Bertz CT molecular complexity index is 346. The van der Waals surface area contributed by atoms with E-state index < -0.39 is 0 Å². The fourth-order valence-corrected chi connectivity index (χ4v) is 2.28. The van der Waals surface area contributed by atoms with Crippen LogP contribution in [0.15, 0.2) is 24.3 Å². The number of nitrogens with two attached hydrogens (primary N) is 1. The first-order valence-electron chi connectivity index (χ1n) is 5.81. The molecule has 0 aliphatic heterocycles. The number of ether oxygens (including phenoxy) is 2. The van der Waals surface area contributed by atoms with E-state index in [1.807, 2.05) is 24.3 Å². The molecule has 1 aliphatic carbocycles. The van der Waals surface area contributed by atoms with Gasteiger partial charge in [-0.2, -0.15) is 0 Å². The van der Waals surface area contributed by atoms with E-state index in [0.717, 1.165) is 24.3 Å². The third-order valence-electron chi connectivity index (χ3n) is 3.26. The normalized spacial score (nSPS) is 18.4. The molecule has 0 saturated heterocycles. The molecule has 1 aromatic carbocycles. The lowest BCUT2D eigenvalue weighted by Gasteiger charge is -2.28. The molecule has 16 heavy (non-hydrogen) atoms. The fraction of sp³-hybridized carbons (Fsp3) is 0.538. The third kappa shape index (κ3) is 2.30. The standard InChI is InChI=1S/C13H19NO2/c1-15-11-5-4-6-12(9-11)16-13(10-14)7-2-3-8-13/h4-6,9H,2-3,7-8,10,14H2,1H3. The van der Waals surface area contributed by atoms with Crippen molar-refractivity contribution in [1.29, 1.82) is 0 Å². The van der Waals surface area contributed by atoms with Crippen molar-refractivity contribution in [3.63, 3.8) is 0 Å². The third-order valence-corrected chi connectivity index (χ3v) is 3.26. The van der Waals surface area contributed by atoms with E-state index in [-0.39, 0.29) is 5.60 Å². The zero-order chi connectivity index (χ0) is 11.4. The molecule has 0 unspecified atom stereocenters. The van der Waals surface area contributed by atoms with E-state index in [0.29, 0.717) is 6.54 Å². The molecule has 1 saturated carbocycles. The van der Waals surface area contributed by atoms with Gasteiger partial charge < -0.3 is 15.2 Å². The van der Waals surface area contributed by atoms with E-state index in [1.165, 1.54) is 12.8 Å². The lowest BCUT2D eigenvalue weighted by Crippen LogP contribution is -2.40. The SMILES string of the molecule is COc1cccc(OC2(CN)CCCC2)c1. The van der Waals surface area contributed by atoms with Crippen LogP contribution in [0, 0.1) is 0 Å². The minimum atomic E-state index is -0.146. The molecule has 0 bridgehead atoms. The van der Waals surface area contributed by atoms with Gasteiger partial charge in [0.05, 0.1) is 7.11 Å². The molecule has 2 rings (SSSR count). The molecule has 3 heteroatoms. The summed E-state index contributed by atoms with van der Waals surface area (Å²) in [5.74, 6) is 1.68. The molecule has 0 spiro atoms. The minimum Gasteiger partial charge on any atom is -0.497 e. The summed E-state index contributed by atoms with van der Waals surface area (Å²) < 4.78 is 11.2. The van der Waals surface area contributed by atoms with E-state index in [2.05, 4.69) is 0 Å². The topological polar surface area (TPSA) is 44.5 Å². The second-order valence-corrected chi connectivity index (χ2v) is 4.38. The van der Waals surface area contributed by atoms with Crippen LogP contribution in [0.4, 0.5) is 0 Å². The summed E-state index contributed by atoms with van der Waals surface area (Å²) in [4.78, 5) is 0. The molecule has 1 fully saturated rings. The van der Waals surface area contributed by atoms with Crippen LogP contribution in [0.1, 0.15) is 25.7 Å². The van der Waals surface area contributed by atoms with Crippen molar-refractivity contribution in [2.45, 2.75) is 31.3 Å². The average Bonchev–Trinajstić information content (AvgIpc) is 2.78. The van der Waals surface area contributed by atoms with E-state index >= 15 is 0 Å². The first kappa shape index (κ1) is 11.3. The summed E-state index contributed by atoms with van der Waals surface area (Å²) >= 11 is 0. The highest BCUT2D eigenvalue weighted by Crippen LogP contribution is 2.34. The van der Waals surface area contributed by atoms with E-state index in [4.69, 9.17) is 15.2 Å². The first-order valence-corrected chi connectivity index (χ1v) is 5.81. The summed E-state index contributed by atoms with van der Waals surface area (Å²) in [6, 6.07) is 7.72. The number of benzene rings is 1. The Morgan fingerprint density at radius 2 is 1.94 bits per heavy atom. The van der Waals surface area contributed by atoms with Gasteiger partial charge in [0.2, 0.25) is 0 Å². The van der Waals surface area contributed by atoms with Crippen molar-refractivity contribution in [3.8, 4) is 11.5 Å². The highest BCUT2D eigenvalue weighted by atomic mass is 16.5. The summed E-state index contributed by atoms with van der Waals surface area (Å²) in [7, 11) is 1.66. The van der Waals surface area contributed by atoms with Gasteiger partial charge in [-0.15, -0.1) is 0 Å². The lowest BCUT2D eigenvalue weighted by atomic mass is 10.0. The zero-order valence-corrected chi connectivity index (χ0v) is 9.74. The van der Waals surface area contributed by atoms with Gasteiger partial charge in [-0.25, -0.2) is 0 Å². The van der Waals surface area contributed by atoms with Gasteiger partial charge in [0.1, 0.15) is 17.1 Å². The van der Waals surface area contributed by atoms with Crippen LogP contribution in [0.25, 0.3) is 0 Å². The van der Waals surface area contributed by atoms with Crippen molar-refractivity contribution in [2.75, 3.05) is 13.7 Å². The first-order chi connectivity index (χ1) is 7.78. The molecule has 1 aromatic rings. The van der Waals surface area contributed by atoms with Crippen molar-refractivity contribution in [2.24, 2.45) is 5.73 Å². The molecule has 0 amide bonds. The number of methoxy groups -OCH3 is 1. The number of hydrogen-bond acceptors (Lipinski definition) is 3. The van der Waals surface area contributed by atoms with E-state index in [1.54, 1.807) is 7.11 Å². The average molecular weight is 221 g/mol. The predicted octanol–water partition coefficient (Wildman–Crippen LogP) is 2.35. The maximum absolute atomic E-state index is 6.05. The van der Waals surface area contributed by atoms with Gasteiger partial charge in [-0.1, -0.05) is 6.07 Å². The molecule has 2 N–H and O–H groups in total. The van der Waals surface area contributed by atoms with Gasteiger partial charge in [-0.05, 0) is 37.8 Å². The van der Waals surface area contributed by atoms with Gasteiger partial charge in [-0.3, -0.25) is 0 Å². The summed E-state index contributed by atoms with van der Waals surface area (Å²) in [6.45, 7) is 0.588. The van der Waals surface area contributed by atoms with Crippen LogP contribution in [-0.2, 0) is 0 Å². The van der Waals surface area contributed by atoms with Crippen molar-refractivity contribution >= 4 is 0 Å². The molecule has 3 nitrogen and oxygen atoms in total. The highest BCUT2D eigenvalue weighted by molar-refractivity contribution is 5.33. The van der Waals surface area contributed by atoms with Crippen LogP contribution >= 0.6 is 0 Å². The molecule has 0 heterocycles. The molecule has 0 aromatic heterocycles. The summed E-state index contributed by atoms with van der Waals surface area (Å²) in [6.07, 6.45) is 4.53. The largest absolute Gasteiger partial charge is 0.497 e.